The fourth-order valence-electron chi connectivity index (χ4n) is 1.77. The number of sulfonamides is 1. The van der Waals surface area contributed by atoms with Crippen LogP contribution in [0.5, 0.6) is 0 Å². The van der Waals surface area contributed by atoms with Crippen molar-refractivity contribution >= 4 is 27.3 Å². The van der Waals surface area contributed by atoms with E-state index in [0.717, 1.165) is 23.1 Å². The van der Waals surface area contributed by atoms with E-state index in [4.69, 9.17) is 11.6 Å². The monoisotopic (exact) mass is 345 g/mol. The number of aryl methyl sites for hydroxylation is 1. The summed E-state index contributed by atoms with van der Waals surface area (Å²) in [6.45, 7) is 3.31. The summed E-state index contributed by atoms with van der Waals surface area (Å²) in [7, 11) is -3.60. The maximum atomic E-state index is 14.1. The zero-order chi connectivity index (χ0) is 16.7. The Bertz CT molecular complexity index is 909. The Morgan fingerprint density at radius 2 is 1.95 bits per heavy atom. The minimum atomic E-state index is -3.60. The summed E-state index contributed by atoms with van der Waals surface area (Å²) in [6, 6.07) is 2.05. The Hall–Kier alpha value is -1.93. The number of aromatic nitrogens is 2. The van der Waals surface area contributed by atoms with Crippen LogP contribution in [0.15, 0.2) is 23.1 Å². The van der Waals surface area contributed by atoms with Gasteiger partial charge in [-0.15, -0.1) is 0 Å². The molecule has 1 heterocycles. The summed E-state index contributed by atoms with van der Waals surface area (Å²) in [5.74, 6) is -0.790. The van der Waals surface area contributed by atoms with Gasteiger partial charge in [-0.3, -0.25) is 9.52 Å². The van der Waals surface area contributed by atoms with Gasteiger partial charge >= 0.3 is 0 Å². The second-order valence-electron chi connectivity index (χ2n) is 4.83. The summed E-state index contributed by atoms with van der Waals surface area (Å²) in [5.41, 5.74) is 0.370. The molecule has 1 aromatic heterocycles. The summed E-state index contributed by atoms with van der Waals surface area (Å²) >= 11 is 5.82. The molecule has 118 valence electrons. The molecule has 0 bridgehead atoms. The van der Waals surface area contributed by atoms with Gasteiger partial charge < -0.3 is 0 Å². The van der Waals surface area contributed by atoms with Crippen LogP contribution in [0, 0.1) is 19.7 Å². The number of nitrogens with one attached hydrogen (secondary N) is 1. The number of nitrogens with zero attached hydrogens (tertiary/aromatic N) is 2. The van der Waals surface area contributed by atoms with Crippen molar-refractivity contribution in [3.05, 3.63) is 50.7 Å². The maximum absolute atomic E-state index is 14.1. The van der Waals surface area contributed by atoms with Crippen molar-refractivity contribution in [2.75, 3.05) is 11.0 Å². The highest BCUT2D eigenvalue weighted by atomic mass is 35.5. The molecule has 2 aromatic rings. The number of hydrogen-bond acceptors (Lipinski definition) is 4. The first-order valence-corrected chi connectivity index (χ1v) is 8.40. The maximum Gasteiger partial charge on any atom is 0.274 e. The molecule has 0 aliphatic rings. The minimum absolute atomic E-state index is 0.0347. The van der Waals surface area contributed by atoms with Crippen LogP contribution in [0.2, 0.25) is 5.02 Å². The standard InChI is InChI=1S/C13H13ClFN3O3S/c1-7-6-16-18(13(19)8(7)2)12-5-11(17-22(3,20)21)9(14)4-10(12)15/h4-6,17H,1-3H3. The van der Waals surface area contributed by atoms with Gasteiger partial charge in [0.2, 0.25) is 10.0 Å². The molecule has 1 aromatic carbocycles. The van der Waals surface area contributed by atoms with Gasteiger partial charge in [-0.25, -0.2) is 12.8 Å². The third-order valence-electron chi connectivity index (χ3n) is 3.03. The Balaban J connectivity index is 2.69. The molecule has 0 unspecified atom stereocenters. The van der Waals surface area contributed by atoms with E-state index < -0.39 is 21.4 Å². The van der Waals surface area contributed by atoms with Crippen molar-refractivity contribution in [3.8, 4) is 5.69 Å². The van der Waals surface area contributed by atoms with E-state index in [1.165, 1.54) is 6.20 Å². The second-order valence-corrected chi connectivity index (χ2v) is 6.98. The third kappa shape index (κ3) is 3.28. The molecule has 0 amide bonds. The lowest BCUT2D eigenvalue weighted by Gasteiger charge is -2.12. The molecule has 2 rings (SSSR count). The summed E-state index contributed by atoms with van der Waals surface area (Å²) in [6.07, 6.45) is 2.36. The van der Waals surface area contributed by atoms with Crippen LogP contribution < -0.4 is 10.3 Å². The number of benzene rings is 1. The molecule has 0 aliphatic carbocycles. The van der Waals surface area contributed by atoms with E-state index in [1.54, 1.807) is 13.8 Å². The van der Waals surface area contributed by atoms with E-state index in [1.807, 2.05) is 0 Å². The molecule has 0 radical (unpaired) electrons. The van der Waals surface area contributed by atoms with Crippen molar-refractivity contribution < 1.29 is 12.8 Å². The molecular weight excluding hydrogens is 333 g/mol. The quantitative estimate of drug-likeness (QED) is 0.922. The van der Waals surface area contributed by atoms with Gasteiger partial charge in [0.15, 0.2) is 5.82 Å². The van der Waals surface area contributed by atoms with Crippen LogP contribution in [-0.2, 0) is 10.0 Å². The third-order valence-corrected chi connectivity index (χ3v) is 3.93. The highest BCUT2D eigenvalue weighted by Crippen LogP contribution is 2.27. The molecule has 1 N–H and O–H groups in total. The number of anilines is 1. The highest BCUT2D eigenvalue weighted by molar-refractivity contribution is 7.92. The van der Waals surface area contributed by atoms with Crippen LogP contribution in [-0.4, -0.2) is 24.5 Å². The number of halogens is 2. The molecule has 9 heteroatoms. The van der Waals surface area contributed by atoms with E-state index >= 15 is 0 Å². The fraction of sp³-hybridized carbons (Fsp3) is 0.231. The van der Waals surface area contributed by atoms with Crippen LogP contribution in [0.1, 0.15) is 11.1 Å². The van der Waals surface area contributed by atoms with E-state index in [-0.39, 0.29) is 16.4 Å². The molecule has 6 nitrogen and oxygen atoms in total. The number of hydrogen-bond donors (Lipinski definition) is 1. The van der Waals surface area contributed by atoms with Gasteiger partial charge in [0.1, 0.15) is 5.69 Å². The molecule has 0 fully saturated rings. The summed E-state index contributed by atoms with van der Waals surface area (Å²) < 4.78 is 39.7. The molecule has 22 heavy (non-hydrogen) atoms. The van der Waals surface area contributed by atoms with Crippen molar-refractivity contribution in [2.45, 2.75) is 13.8 Å². The predicted octanol–water partition coefficient (Wildman–Crippen LogP) is 2.01. The van der Waals surface area contributed by atoms with Crippen LogP contribution in [0.3, 0.4) is 0 Å². The summed E-state index contributed by atoms with van der Waals surface area (Å²) in [5, 5.41) is 3.76. The van der Waals surface area contributed by atoms with Gasteiger partial charge in [0.05, 0.1) is 23.2 Å². The smallest absolute Gasteiger partial charge is 0.274 e. The summed E-state index contributed by atoms with van der Waals surface area (Å²) in [4.78, 5) is 12.2. The molecule has 0 saturated carbocycles. The second kappa shape index (κ2) is 5.69. The Morgan fingerprint density at radius 3 is 2.55 bits per heavy atom. The zero-order valence-electron chi connectivity index (χ0n) is 12.0. The normalized spacial score (nSPS) is 11.5. The van der Waals surface area contributed by atoms with E-state index in [2.05, 4.69) is 9.82 Å². The topological polar surface area (TPSA) is 81.1 Å². The predicted molar refractivity (Wildman–Crippen MR) is 82.7 cm³/mol. The van der Waals surface area contributed by atoms with Gasteiger partial charge in [0, 0.05) is 5.56 Å². The molecule has 0 aliphatic heterocycles. The Morgan fingerprint density at radius 1 is 1.32 bits per heavy atom. The lowest BCUT2D eigenvalue weighted by atomic mass is 10.2. The molecule has 0 spiro atoms. The first-order chi connectivity index (χ1) is 10.1. The van der Waals surface area contributed by atoms with Gasteiger partial charge in [-0.2, -0.15) is 9.78 Å². The van der Waals surface area contributed by atoms with Gasteiger partial charge in [-0.1, -0.05) is 11.6 Å². The average molecular weight is 346 g/mol. The van der Waals surface area contributed by atoms with Crippen molar-refractivity contribution in [2.24, 2.45) is 0 Å². The molecule has 0 saturated heterocycles. The molecular formula is C13H13ClFN3O3S. The Labute approximate surface area is 131 Å². The number of rotatable bonds is 3. The van der Waals surface area contributed by atoms with Crippen molar-refractivity contribution in [1.29, 1.82) is 0 Å². The fourth-order valence-corrected chi connectivity index (χ4v) is 2.59. The lowest BCUT2D eigenvalue weighted by molar-refractivity contribution is 0.602. The lowest BCUT2D eigenvalue weighted by Crippen LogP contribution is -2.25. The van der Waals surface area contributed by atoms with Crippen LogP contribution in [0.25, 0.3) is 5.69 Å². The highest BCUT2D eigenvalue weighted by Gasteiger charge is 2.16. The minimum Gasteiger partial charge on any atom is -0.282 e. The first kappa shape index (κ1) is 16.4. The van der Waals surface area contributed by atoms with Gasteiger partial charge in [0.25, 0.3) is 5.56 Å². The van der Waals surface area contributed by atoms with Crippen LogP contribution >= 0.6 is 11.6 Å². The zero-order valence-corrected chi connectivity index (χ0v) is 13.6. The first-order valence-electron chi connectivity index (χ1n) is 6.13. The van der Waals surface area contributed by atoms with Crippen LogP contribution in [0.4, 0.5) is 10.1 Å². The van der Waals surface area contributed by atoms with E-state index in [9.17, 15) is 17.6 Å². The Kier molecular flexibility index (Phi) is 4.25. The van der Waals surface area contributed by atoms with Gasteiger partial charge in [-0.05, 0) is 31.5 Å². The average Bonchev–Trinajstić information content (AvgIpc) is 2.39. The largest absolute Gasteiger partial charge is 0.282 e. The molecule has 0 atom stereocenters. The van der Waals surface area contributed by atoms with Crippen molar-refractivity contribution in [1.82, 2.24) is 9.78 Å². The SMILES string of the molecule is Cc1cnn(-c2cc(NS(C)(=O)=O)c(Cl)cc2F)c(=O)c1C. The van der Waals surface area contributed by atoms with Crippen molar-refractivity contribution in [3.63, 3.8) is 0 Å². The van der Waals surface area contributed by atoms with E-state index in [0.29, 0.717) is 11.1 Å².